The second-order valence-electron chi connectivity index (χ2n) is 3.85. The molecule has 0 spiro atoms. The monoisotopic (exact) mass is 249 g/mol. The fourth-order valence-corrected chi connectivity index (χ4v) is 1.67. The number of carbonyl (C=O) groups excluding carboxylic acids is 1. The Morgan fingerprint density at radius 1 is 1.56 bits per heavy atom. The first-order valence-electron chi connectivity index (χ1n) is 5.20. The Morgan fingerprint density at radius 3 is 2.89 bits per heavy atom. The number of methoxy groups -OCH3 is 1. The van der Waals surface area contributed by atoms with Crippen LogP contribution in [0.1, 0.15) is 11.3 Å². The van der Waals surface area contributed by atoms with Gasteiger partial charge in [-0.15, -0.1) is 0 Å². The lowest BCUT2D eigenvalue weighted by atomic mass is 10.2. The molecule has 0 fully saturated rings. The van der Waals surface area contributed by atoms with Crippen molar-refractivity contribution in [3.63, 3.8) is 0 Å². The number of rotatable bonds is 3. The highest BCUT2D eigenvalue weighted by atomic mass is 16.6. The number of aromatic nitrogens is 2. The predicted molar refractivity (Wildman–Crippen MR) is 62.3 cm³/mol. The van der Waals surface area contributed by atoms with E-state index in [-0.39, 0.29) is 12.1 Å². The summed E-state index contributed by atoms with van der Waals surface area (Å²) >= 11 is 0. The van der Waals surface area contributed by atoms with Gasteiger partial charge in [-0.3, -0.25) is 19.3 Å². The Balaban J connectivity index is 2.45. The summed E-state index contributed by atoms with van der Waals surface area (Å²) in [4.78, 5) is 25.7. The Labute approximate surface area is 102 Å². The molecule has 7 heteroatoms. The van der Waals surface area contributed by atoms with E-state index in [4.69, 9.17) is 0 Å². The number of ether oxygens (including phenoxy) is 1. The minimum atomic E-state index is -0.450. The lowest BCUT2D eigenvalue weighted by Crippen LogP contribution is -2.04. The summed E-state index contributed by atoms with van der Waals surface area (Å²) in [6, 6.07) is 1.61. The molecule has 0 saturated heterocycles. The lowest BCUT2D eigenvalue weighted by molar-refractivity contribution is -0.385. The highest BCUT2D eigenvalue weighted by Gasteiger charge is 2.14. The van der Waals surface area contributed by atoms with Crippen molar-refractivity contribution in [2.75, 3.05) is 7.11 Å². The van der Waals surface area contributed by atoms with Crippen LogP contribution in [0.15, 0.2) is 18.5 Å². The maximum atomic E-state index is 11.1. The zero-order valence-electron chi connectivity index (χ0n) is 9.91. The number of pyridine rings is 1. The van der Waals surface area contributed by atoms with Gasteiger partial charge in [0.2, 0.25) is 0 Å². The van der Waals surface area contributed by atoms with E-state index >= 15 is 0 Å². The molecule has 0 unspecified atom stereocenters. The molecule has 0 radical (unpaired) electrons. The van der Waals surface area contributed by atoms with Gasteiger partial charge in [-0.1, -0.05) is 0 Å². The van der Waals surface area contributed by atoms with Gasteiger partial charge in [-0.05, 0) is 13.0 Å². The molecule has 0 atom stereocenters. The first-order valence-corrected chi connectivity index (χ1v) is 5.20. The van der Waals surface area contributed by atoms with Crippen molar-refractivity contribution in [2.45, 2.75) is 13.3 Å². The quantitative estimate of drug-likeness (QED) is 0.464. The Morgan fingerprint density at radius 2 is 2.28 bits per heavy atom. The van der Waals surface area contributed by atoms with Crippen LogP contribution in [0.2, 0.25) is 0 Å². The van der Waals surface area contributed by atoms with Gasteiger partial charge < -0.3 is 4.74 Å². The summed E-state index contributed by atoms with van der Waals surface area (Å²) in [6.07, 6.45) is 3.02. The van der Waals surface area contributed by atoms with Gasteiger partial charge in [-0.25, -0.2) is 4.98 Å². The molecule has 0 amide bonds. The number of aryl methyl sites for hydroxylation is 1. The maximum Gasteiger partial charge on any atom is 0.311 e. The van der Waals surface area contributed by atoms with E-state index in [1.54, 1.807) is 19.2 Å². The summed E-state index contributed by atoms with van der Waals surface area (Å²) in [7, 11) is 1.30. The van der Waals surface area contributed by atoms with Crippen molar-refractivity contribution in [1.29, 1.82) is 0 Å². The molecular weight excluding hydrogens is 238 g/mol. The summed E-state index contributed by atoms with van der Waals surface area (Å²) in [5.41, 5.74) is 1.63. The smallest absolute Gasteiger partial charge is 0.311 e. The minimum Gasteiger partial charge on any atom is -0.469 e. The Hall–Kier alpha value is -2.44. The van der Waals surface area contributed by atoms with E-state index < -0.39 is 10.9 Å². The van der Waals surface area contributed by atoms with E-state index in [0.717, 1.165) is 0 Å². The van der Waals surface area contributed by atoms with Crippen molar-refractivity contribution < 1.29 is 14.5 Å². The van der Waals surface area contributed by atoms with Gasteiger partial charge in [0.05, 0.1) is 30.3 Å². The summed E-state index contributed by atoms with van der Waals surface area (Å²) in [6.45, 7) is 1.65. The summed E-state index contributed by atoms with van der Waals surface area (Å²) in [5, 5.41) is 10.8. The number of fused-ring (bicyclic) bond motifs is 1. The molecular formula is C11H11N3O4. The molecule has 0 aromatic carbocycles. The van der Waals surface area contributed by atoms with Crippen LogP contribution in [0.3, 0.4) is 0 Å². The number of nitrogens with zero attached hydrogens (tertiary/aromatic N) is 3. The minimum absolute atomic E-state index is 0.0181. The molecule has 0 N–H and O–H groups in total. The van der Waals surface area contributed by atoms with Crippen molar-refractivity contribution in [2.24, 2.45) is 0 Å². The number of imidazole rings is 1. The third kappa shape index (κ3) is 2.15. The van der Waals surface area contributed by atoms with Crippen molar-refractivity contribution >= 4 is 17.3 Å². The fraction of sp³-hybridized carbons (Fsp3) is 0.273. The van der Waals surface area contributed by atoms with Gasteiger partial charge >= 0.3 is 5.97 Å². The van der Waals surface area contributed by atoms with Crippen molar-refractivity contribution in [3.05, 3.63) is 39.8 Å². The normalized spacial score (nSPS) is 10.6. The van der Waals surface area contributed by atoms with Crippen LogP contribution in [-0.4, -0.2) is 27.4 Å². The van der Waals surface area contributed by atoms with Crippen LogP contribution in [0.5, 0.6) is 0 Å². The van der Waals surface area contributed by atoms with Gasteiger partial charge in [0.1, 0.15) is 5.65 Å². The average Bonchev–Trinajstić information content (AvgIpc) is 2.68. The van der Waals surface area contributed by atoms with Crippen molar-refractivity contribution in [3.8, 4) is 0 Å². The Bertz CT molecular complexity index is 632. The van der Waals surface area contributed by atoms with Crippen LogP contribution in [0, 0.1) is 17.0 Å². The van der Waals surface area contributed by atoms with E-state index in [1.165, 1.54) is 17.7 Å². The van der Waals surface area contributed by atoms with Crippen LogP contribution >= 0.6 is 0 Å². The summed E-state index contributed by atoms with van der Waals surface area (Å²) in [5.74, 6) is -0.398. The average molecular weight is 249 g/mol. The highest BCUT2D eigenvalue weighted by molar-refractivity contribution is 5.72. The first-order chi connectivity index (χ1) is 8.51. The maximum absolute atomic E-state index is 11.1. The highest BCUT2D eigenvalue weighted by Crippen LogP contribution is 2.19. The molecule has 0 saturated carbocycles. The van der Waals surface area contributed by atoms with E-state index in [0.29, 0.717) is 16.9 Å². The van der Waals surface area contributed by atoms with Crippen LogP contribution in [0.25, 0.3) is 5.65 Å². The zero-order chi connectivity index (χ0) is 13.3. The second kappa shape index (κ2) is 4.44. The van der Waals surface area contributed by atoms with Gasteiger partial charge in [-0.2, -0.15) is 0 Å². The molecule has 0 aliphatic carbocycles. The second-order valence-corrected chi connectivity index (χ2v) is 3.85. The largest absolute Gasteiger partial charge is 0.469 e. The number of nitro groups is 1. The van der Waals surface area contributed by atoms with Gasteiger partial charge in [0.15, 0.2) is 0 Å². The molecule has 2 rings (SSSR count). The fourth-order valence-electron chi connectivity index (χ4n) is 1.67. The standard InChI is InChI=1S/C11H11N3O4/c1-7-3-10-12-8(4-11(15)18-2)5-13(10)6-9(7)14(16)17/h3,5-6H,4H2,1-2H3. The Kier molecular flexibility index (Phi) is 2.97. The SMILES string of the molecule is COC(=O)Cc1cn2cc([N+](=O)[O-])c(C)cc2n1. The zero-order valence-corrected chi connectivity index (χ0v) is 9.91. The topological polar surface area (TPSA) is 86.7 Å². The molecule has 0 aliphatic heterocycles. The molecule has 2 aromatic rings. The third-order valence-corrected chi connectivity index (χ3v) is 2.57. The molecule has 7 nitrogen and oxygen atoms in total. The van der Waals surface area contributed by atoms with E-state index in [1.807, 2.05) is 0 Å². The third-order valence-electron chi connectivity index (χ3n) is 2.57. The van der Waals surface area contributed by atoms with Gasteiger partial charge in [0, 0.05) is 11.8 Å². The van der Waals surface area contributed by atoms with Crippen LogP contribution < -0.4 is 0 Å². The predicted octanol–water partition coefficient (Wildman–Crippen LogP) is 1.27. The van der Waals surface area contributed by atoms with E-state index in [9.17, 15) is 14.9 Å². The molecule has 94 valence electrons. The first kappa shape index (κ1) is 12.0. The van der Waals surface area contributed by atoms with Crippen molar-refractivity contribution in [1.82, 2.24) is 9.38 Å². The molecule has 2 aromatic heterocycles. The molecule has 0 bridgehead atoms. The number of esters is 1. The molecule has 0 aliphatic rings. The van der Waals surface area contributed by atoms with E-state index in [2.05, 4.69) is 9.72 Å². The van der Waals surface area contributed by atoms with Crippen LogP contribution in [-0.2, 0) is 16.0 Å². The number of hydrogen-bond donors (Lipinski definition) is 0. The lowest BCUT2D eigenvalue weighted by Gasteiger charge is -1.97. The van der Waals surface area contributed by atoms with Crippen LogP contribution in [0.4, 0.5) is 5.69 Å². The van der Waals surface area contributed by atoms with Gasteiger partial charge in [0.25, 0.3) is 5.69 Å². The number of hydrogen-bond acceptors (Lipinski definition) is 5. The molecule has 2 heterocycles. The molecule has 18 heavy (non-hydrogen) atoms. The number of carbonyl (C=O) groups is 1. The summed E-state index contributed by atoms with van der Waals surface area (Å²) < 4.78 is 6.07.